The number of hydrazine groups is 1. The number of carbonyl (C=O) groups excluding carboxylic acids is 3. The average molecular weight is 468 g/mol. The van der Waals surface area contributed by atoms with Crippen molar-refractivity contribution in [1.82, 2.24) is 15.9 Å². The monoisotopic (exact) mass is 467 g/mol. The Labute approximate surface area is 198 Å². The van der Waals surface area contributed by atoms with E-state index in [0.717, 1.165) is 18.1 Å². The summed E-state index contributed by atoms with van der Waals surface area (Å²) in [5.74, 6) is -0.719. The maximum Gasteiger partial charge on any atom is 0.284 e. The summed E-state index contributed by atoms with van der Waals surface area (Å²) in [7, 11) is 2.54. The van der Waals surface area contributed by atoms with Crippen LogP contribution in [0.25, 0.3) is 11.1 Å². The van der Waals surface area contributed by atoms with Crippen molar-refractivity contribution in [3.8, 4) is 23.5 Å². The lowest BCUT2D eigenvalue weighted by atomic mass is 9.78. The molecule has 0 bridgehead atoms. The number of terminal acetylenes is 1. The van der Waals surface area contributed by atoms with Crippen molar-refractivity contribution in [3.05, 3.63) is 59.2 Å². The first-order valence-corrected chi connectivity index (χ1v) is 10.6. The molecule has 180 valence electrons. The van der Waals surface area contributed by atoms with Gasteiger partial charge in [0.2, 0.25) is 5.91 Å². The van der Waals surface area contributed by atoms with Gasteiger partial charge in [0, 0.05) is 44.4 Å². The second-order valence-electron chi connectivity index (χ2n) is 7.91. The molecule has 0 radical (unpaired) electrons. The van der Waals surface area contributed by atoms with Gasteiger partial charge in [-0.1, -0.05) is 36.3 Å². The molecule has 2 aromatic carbocycles. The number of nitrogens with zero attached hydrogens (tertiary/aromatic N) is 1. The van der Waals surface area contributed by atoms with Crippen molar-refractivity contribution in [1.29, 1.82) is 0 Å². The molecular weight excluding hydrogens is 438 g/mol. The second-order valence-corrected chi connectivity index (χ2v) is 7.91. The normalized spacial score (nSPS) is 12.5. The molecule has 2 aromatic rings. The van der Waals surface area contributed by atoms with Gasteiger partial charge in [0.25, 0.3) is 5.91 Å². The number of aliphatic hydroxyl groups excluding tert-OH is 2. The van der Waals surface area contributed by atoms with Crippen molar-refractivity contribution >= 4 is 17.6 Å². The van der Waals surface area contributed by atoms with E-state index in [0.29, 0.717) is 12.0 Å². The fraction of sp³-hybridized carbons (Fsp3) is 0.320. The van der Waals surface area contributed by atoms with Crippen LogP contribution in [0.1, 0.15) is 28.4 Å². The molecule has 0 saturated heterocycles. The zero-order chi connectivity index (χ0) is 25.5. The van der Waals surface area contributed by atoms with Gasteiger partial charge in [-0.05, 0) is 42.2 Å². The minimum atomic E-state index is -2.27. The zero-order valence-electron chi connectivity index (χ0n) is 19.3. The Morgan fingerprint density at radius 3 is 2.15 bits per heavy atom. The minimum Gasteiger partial charge on any atom is -0.396 e. The molecule has 0 unspecified atom stereocenters. The summed E-state index contributed by atoms with van der Waals surface area (Å²) in [6.45, 7) is 0.897. The van der Waals surface area contributed by atoms with Crippen LogP contribution in [0.5, 0.6) is 0 Å². The summed E-state index contributed by atoms with van der Waals surface area (Å²) in [5, 5.41) is 30.7. The van der Waals surface area contributed by atoms with Gasteiger partial charge in [0.05, 0.1) is 0 Å². The molecule has 0 spiro atoms. The molecule has 0 aliphatic heterocycles. The number of ketones is 1. The van der Waals surface area contributed by atoms with Crippen LogP contribution >= 0.6 is 0 Å². The highest BCUT2D eigenvalue weighted by Crippen LogP contribution is 2.30. The summed E-state index contributed by atoms with van der Waals surface area (Å²) >= 11 is 0. The Morgan fingerprint density at radius 2 is 1.65 bits per heavy atom. The number of amides is 2. The van der Waals surface area contributed by atoms with Gasteiger partial charge in [-0.3, -0.25) is 19.6 Å². The van der Waals surface area contributed by atoms with E-state index in [4.69, 9.17) is 6.42 Å². The van der Waals surface area contributed by atoms with Gasteiger partial charge >= 0.3 is 0 Å². The Hall–Kier alpha value is -3.55. The molecule has 2 rings (SSSR count). The third-order valence-electron chi connectivity index (χ3n) is 5.71. The Bertz CT molecular complexity index is 1090. The minimum absolute atomic E-state index is 0.0134. The van der Waals surface area contributed by atoms with Crippen molar-refractivity contribution in [2.45, 2.75) is 13.3 Å². The van der Waals surface area contributed by atoms with Crippen LogP contribution in [0.2, 0.25) is 0 Å². The lowest BCUT2D eigenvalue weighted by Gasteiger charge is -2.28. The fourth-order valence-electron chi connectivity index (χ4n) is 3.52. The predicted molar refractivity (Wildman–Crippen MR) is 125 cm³/mol. The molecule has 9 nitrogen and oxygen atoms in total. The van der Waals surface area contributed by atoms with Gasteiger partial charge in [0.1, 0.15) is 0 Å². The van der Waals surface area contributed by atoms with Crippen LogP contribution in [0.4, 0.5) is 0 Å². The predicted octanol–water partition coefficient (Wildman–Crippen LogP) is 0.765. The highest BCUT2D eigenvalue weighted by molar-refractivity contribution is 6.27. The summed E-state index contributed by atoms with van der Waals surface area (Å²) in [4.78, 5) is 38.6. The number of hydroxylamine groups is 1. The van der Waals surface area contributed by atoms with E-state index in [-0.39, 0.29) is 35.4 Å². The smallest absolute Gasteiger partial charge is 0.284 e. The Morgan fingerprint density at radius 1 is 1.06 bits per heavy atom. The molecule has 5 N–H and O–H groups in total. The first kappa shape index (κ1) is 26.7. The van der Waals surface area contributed by atoms with Gasteiger partial charge in [-0.15, -0.1) is 11.6 Å². The summed E-state index contributed by atoms with van der Waals surface area (Å²) < 4.78 is 0. The molecule has 0 aliphatic carbocycles. The molecule has 0 aromatic heterocycles. The van der Waals surface area contributed by atoms with Gasteiger partial charge in [-0.2, -0.15) is 0 Å². The molecule has 0 aliphatic rings. The highest BCUT2D eigenvalue weighted by Gasteiger charge is 2.51. The average Bonchev–Trinajstić information content (AvgIpc) is 2.89. The number of nitrogens with one attached hydrogen (secondary N) is 2. The maximum atomic E-state index is 13.4. The van der Waals surface area contributed by atoms with E-state index >= 15 is 0 Å². The quantitative estimate of drug-likeness (QED) is 0.114. The fourth-order valence-corrected chi connectivity index (χ4v) is 3.52. The van der Waals surface area contributed by atoms with Crippen LogP contribution < -0.4 is 10.7 Å². The molecule has 0 fully saturated rings. The molecule has 2 amide bonds. The lowest BCUT2D eigenvalue weighted by Crippen LogP contribution is -2.56. The zero-order valence-corrected chi connectivity index (χ0v) is 19.3. The maximum absolute atomic E-state index is 13.4. The molecule has 9 heteroatoms. The van der Waals surface area contributed by atoms with E-state index < -0.39 is 23.0 Å². The molecule has 34 heavy (non-hydrogen) atoms. The van der Waals surface area contributed by atoms with Crippen molar-refractivity contribution in [3.63, 3.8) is 0 Å². The van der Waals surface area contributed by atoms with Crippen molar-refractivity contribution in [2.24, 2.45) is 11.3 Å². The molecule has 0 saturated carbocycles. The van der Waals surface area contributed by atoms with E-state index in [1.54, 1.807) is 12.1 Å². The summed E-state index contributed by atoms with van der Waals surface area (Å²) in [6, 6.07) is 12.2. The van der Waals surface area contributed by atoms with Crippen molar-refractivity contribution in [2.75, 3.05) is 27.3 Å². The van der Waals surface area contributed by atoms with Crippen molar-refractivity contribution < 1.29 is 29.8 Å². The molecule has 1 atom stereocenters. The van der Waals surface area contributed by atoms with Crippen LogP contribution in [0, 0.1) is 23.7 Å². The Balaban J connectivity index is 2.44. The summed E-state index contributed by atoms with van der Waals surface area (Å²) in [6.07, 6.45) is 6.18. The number of hydrogen-bond donors (Lipinski definition) is 5. The molecule has 0 heterocycles. The number of rotatable bonds is 10. The van der Waals surface area contributed by atoms with Gasteiger partial charge < -0.3 is 15.5 Å². The first-order chi connectivity index (χ1) is 16.2. The Kier molecular flexibility index (Phi) is 9.06. The van der Waals surface area contributed by atoms with Gasteiger partial charge in [0.15, 0.2) is 11.2 Å². The number of benzene rings is 2. The van der Waals surface area contributed by atoms with E-state index in [1.165, 1.54) is 20.2 Å². The van der Waals surface area contributed by atoms with Crippen LogP contribution in [-0.4, -0.2) is 65.5 Å². The van der Waals surface area contributed by atoms with E-state index in [9.17, 15) is 29.8 Å². The van der Waals surface area contributed by atoms with Crippen LogP contribution in [-0.2, 0) is 16.0 Å². The van der Waals surface area contributed by atoms with Gasteiger partial charge in [-0.25, -0.2) is 5.43 Å². The lowest BCUT2D eigenvalue weighted by molar-refractivity contribution is -0.186. The molecular formula is C25H29N3O6. The third kappa shape index (κ3) is 5.32. The SMILES string of the molecule is C#Cc1cc(-c2ccc(CC(CO)CO)cc2)ccc1C(=O)[C@@](C)(C(=O)NC)C(=O)N(O)NC. The number of carbonyl (C=O) groups is 3. The highest BCUT2D eigenvalue weighted by atomic mass is 16.6. The number of aliphatic hydroxyl groups is 2. The topological polar surface area (TPSA) is 139 Å². The first-order valence-electron chi connectivity index (χ1n) is 10.6. The summed E-state index contributed by atoms with van der Waals surface area (Å²) in [5.41, 5.74) is 2.55. The standard InChI is InChI=1S/C25H29N3O6/c1-5-18-13-20(19-8-6-16(7-9-19)12-17(14-29)15-30)10-11-21(18)22(31)25(2,23(32)26-3)24(33)28(34)27-4/h1,6-11,13,17,27,29-30,34H,12,14-15H2,2-4H3,(H,26,32)/t25-/m0/s1. The van der Waals surface area contributed by atoms with Crippen LogP contribution in [0.15, 0.2) is 42.5 Å². The largest absolute Gasteiger partial charge is 0.396 e. The van der Waals surface area contributed by atoms with Crippen LogP contribution in [0.3, 0.4) is 0 Å². The number of hydrogen-bond acceptors (Lipinski definition) is 7. The number of Topliss-reactive ketones (excluding diaryl/α,β-unsaturated/α-hetero) is 1. The second kappa shape index (κ2) is 11.5. The third-order valence-corrected chi connectivity index (χ3v) is 5.71. The van der Waals surface area contributed by atoms with E-state index in [2.05, 4.69) is 16.7 Å². The van der Waals surface area contributed by atoms with E-state index in [1.807, 2.05) is 24.3 Å².